The lowest BCUT2D eigenvalue weighted by atomic mass is 10.1. The van der Waals surface area contributed by atoms with Crippen LogP contribution in [0.15, 0.2) is 6.07 Å². The molecule has 0 bridgehead atoms. The molecule has 1 aromatic heterocycles. The first-order valence-electron chi connectivity index (χ1n) is 7.18. The van der Waals surface area contributed by atoms with Crippen molar-refractivity contribution >= 4 is 11.3 Å². The van der Waals surface area contributed by atoms with Gasteiger partial charge in [-0.2, -0.15) is 0 Å². The van der Waals surface area contributed by atoms with E-state index in [1.165, 1.54) is 41.4 Å². The van der Waals surface area contributed by atoms with Crippen LogP contribution in [-0.2, 0) is 13.1 Å². The van der Waals surface area contributed by atoms with E-state index in [0.717, 1.165) is 19.0 Å². The molecule has 0 amide bonds. The third-order valence-corrected chi connectivity index (χ3v) is 5.01. The van der Waals surface area contributed by atoms with Crippen molar-refractivity contribution in [1.82, 2.24) is 15.1 Å². The molecule has 1 aromatic rings. The predicted octanol–water partition coefficient (Wildman–Crippen LogP) is 2.16. The molecule has 1 aliphatic rings. The fourth-order valence-corrected chi connectivity index (χ4v) is 4.04. The Labute approximate surface area is 121 Å². The average Bonchev–Trinajstić information content (AvgIpc) is 2.87. The van der Waals surface area contributed by atoms with Gasteiger partial charge in [0.05, 0.1) is 0 Å². The van der Waals surface area contributed by atoms with Crippen LogP contribution in [0, 0.1) is 12.8 Å². The van der Waals surface area contributed by atoms with Crippen molar-refractivity contribution in [2.24, 2.45) is 5.92 Å². The highest BCUT2D eigenvalue weighted by atomic mass is 32.1. The standard InChI is InChI=1S/C15H27N3S/c1-12-14(7-15(19-12)8-16-2)11-18(4)10-13-5-6-17(3)9-13/h7,13,16H,5-6,8-11H2,1-4H3. The van der Waals surface area contributed by atoms with Crippen molar-refractivity contribution in [3.05, 3.63) is 21.4 Å². The highest BCUT2D eigenvalue weighted by molar-refractivity contribution is 7.12. The second kappa shape index (κ2) is 6.84. The van der Waals surface area contributed by atoms with Gasteiger partial charge in [-0.05, 0) is 58.6 Å². The Balaban J connectivity index is 1.85. The Bertz CT molecular complexity index is 402. The minimum Gasteiger partial charge on any atom is -0.315 e. The van der Waals surface area contributed by atoms with E-state index >= 15 is 0 Å². The maximum atomic E-state index is 3.23. The summed E-state index contributed by atoms with van der Waals surface area (Å²) in [7, 11) is 6.50. The monoisotopic (exact) mass is 281 g/mol. The van der Waals surface area contributed by atoms with Crippen LogP contribution >= 0.6 is 11.3 Å². The summed E-state index contributed by atoms with van der Waals surface area (Å²) in [6.45, 7) is 8.08. The second-order valence-corrected chi connectivity index (χ2v) is 7.28. The Kier molecular flexibility index (Phi) is 5.39. The van der Waals surface area contributed by atoms with Gasteiger partial charge < -0.3 is 15.1 Å². The largest absolute Gasteiger partial charge is 0.315 e. The van der Waals surface area contributed by atoms with Gasteiger partial charge in [-0.3, -0.25) is 0 Å². The van der Waals surface area contributed by atoms with Crippen LogP contribution in [0.5, 0.6) is 0 Å². The van der Waals surface area contributed by atoms with Crippen LogP contribution in [0.1, 0.15) is 21.7 Å². The number of likely N-dealkylation sites (tertiary alicyclic amines) is 1. The van der Waals surface area contributed by atoms with Crippen molar-refractivity contribution in [3.8, 4) is 0 Å². The van der Waals surface area contributed by atoms with E-state index in [2.05, 4.69) is 42.2 Å². The SMILES string of the molecule is CNCc1cc(CN(C)CC2CCN(C)C2)c(C)s1. The third-order valence-electron chi connectivity index (χ3n) is 3.92. The normalized spacial score (nSPS) is 20.6. The van der Waals surface area contributed by atoms with Gasteiger partial charge in [0.15, 0.2) is 0 Å². The van der Waals surface area contributed by atoms with Crippen LogP contribution < -0.4 is 5.32 Å². The van der Waals surface area contributed by atoms with Gasteiger partial charge in [-0.25, -0.2) is 0 Å². The Morgan fingerprint density at radius 3 is 2.95 bits per heavy atom. The molecule has 1 fully saturated rings. The lowest BCUT2D eigenvalue weighted by molar-refractivity contribution is 0.267. The zero-order valence-electron chi connectivity index (χ0n) is 12.7. The predicted molar refractivity (Wildman–Crippen MR) is 83.8 cm³/mol. The van der Waals surface area contributed by atoms with Crippen molar-refractivity contribution in [1.29, 1.82) is 0 Å². The fourth-order valence-electron chi connectivity index (χ4n) is 2.98. The number of hydrogen-bond acceptors (Lipinski definition) is 4. The van der Waals surface area contributed by atoms with Crippen molar-refractivity contribution in [2.75, 3.05) is 40.8 Å². The van der Waals surface area contributed by atoms with Gasteiger partial charge >= 0.3 is 0 Å². The molecule has 1 saturated heterocycles. The molecule has 0 aromatic carbocycles. The molecule has 0 aliphatic carbocycles. The van der Waals surface area contributed by atoms with Crippen LogP contribution in [0.25, 0.3) is 0 Å². The summed E-state index contributed by atoms with van der Waals surface area (Å²) in [6, 6.07) is 2.37. The van der Waals surface area contributed by atoms with Gasteiger partial charge in [0.1, 0.15) is 0 Å². The molecule has 3 nitrogen and oxygen atoms in total. The van der Waals surface area contributed by atoms with Gasteiger partial charge in [0, 0.05) is 35.9 Å². The van der Waals surface area contributed by atoms with Gasteiger partial charge in [-0.15, -0.1) is 11.3 Å². The first kappa shape index (κ1) is 15.0. The summed E-state index contributed by atoms with van der Waals surface area (Å²) in [6.07, 6.45) is 1.36. The molecule has 0 spiro atoms. The number of aryl methyl sites for hydroxylation is 1. The average molecular weight is 281 g/mol. The molecule has 1 atom stereocenters. The third kappa shape index (κ3) is 4.28. The number of nitrogens with one attached hydrogen (secondary N) is 1. The maximum absolute atomic E-state index is 3.23. The first-order valence-corrected chi connectivity index (χ1v) is 8.00. The fraction of sp³-hybridized carbons (Fsp3) is 0.733. The molecule has 2 heterocycles. The lowest BCUT2D eigenvalue weighted by Crippen LogP contribution is -2.27. The van der Waals surface area contributed by atoms with Crippen LogP contribution in [0.2, 0.25) is 0 Å². The minimum atomic E-state index is 0.853. The summed E-state index contributed by atoms with van der Waals surface area (Å²) in [5.74, 6) is 0.853. The van der Waals surface area contributed by atoms with E-state index in [0.29, 0.717) is 0 Å². The second-order valence-electron chi connectivity index (χ2n) is 5.94. The quantitative estimate of drug-likeness (QED) is 0.862. The topological polar surface area (TPSA) is 18.5 Å². The van der Waals surface area contributed by atoms with E-state index in [1.54, 1.807) is 0 Å². The van der Waals surface area contributed by atoms with E-state index in [9.17, 15) is 0 Å². The Hall–Kier alpha value is -0.420. The van der Waals surface area contributed by atoms with Gasteiger partial charge in [0.25, 0.3) is 0 Å². The summed E-state index contributed by atoms with van der Waals surface area (Å²) in [4.78, 5) is 7.85. The highest BCUT2D eigenvalue weighted by Crippen LogP contribution is 2.23. The molecule has 1 N–H and O–H groups in total. The summed E-state index contributed by atoms with van der Waals surface area (Å²) in [5, 5.41) is 3.23. The molecule has 19 heavy (non-hydrogen) atoms. The smallest absolute Gasteiger partial charge is 0.0296 e. The van der Waals surface area contributed by atoms with E-state index in [1.807, 2.05) is 18.4 Å². The zero-order chi connectivity index (χ0) is 13.8. The molecule has 1 aliphatic heterocycles. The molecular formula is C15H27N3S. The van der Waals surface area contributed by atoms with Gasteiger partial charge in [-0.1, -0.05) is 0 Å². The van der Waals surface area contributed by atoms with E-state index in [-0.39, 0.29) is 0 Å². The minimum absolute atomic E-state index is 0.853. The Morgan fingerprint density at radius 1 is 1.53 bits per heavy atom. The number of nitrogens with zero attached hydrogens (tertiary/aromatic N) is 2. The summed E-state index contributed by atoms with van der Waals surface area (Å²) >= 11 is 1.93. The number of hydrogen-bond donors (Lipinski definition) is 1. The summed E-state index contributed by atoms with van der Waals surface area (Å²) < 4.78 is 0. The Morgan fingerprint density at radius 2 is 2.32 bits per heavy atom. The maximum Gasteiger partial charge on any atom is 0.0296 e. The molecule has 1 unspecified atom stereocenters. The molecule has 2 rings (SSSR count). The number of thiophene rings is 1. The van der Waals surface area contributed by atoms with E-state index < -0.39 is 0 Å². The lowest BCUT2D eigenvalue weighted by Gasteiger charge is -2.20. The van der Waals surface area contributed by atoms with Crippen LogP contribution in [0.4, 0.5) is 0 Å². The van der Waals surface area contributed by atoms with Crippen LogP contribution in [0.3, 0.4) is 0 Å². The molecule has 0 radical (unpaired) electrons. The zero-order valence-corrected chi connectivity index (χ0v) is 13.5. The molecule has 108 valence electrons. The van der Waals surface area contributed by atoms with E-state index in [4.69, 9.17) is 0 Å². The van der Waals surface area contributed by atoms with Crippen molar-refractivity contribution in [2.45, 2.75) is 26.4 Å². The number of rotatable bonds is 6. The highest BCUT2D eigenvalue weighted by Gasteiger charge is 2.21. The van der Waals surface area contributed by atoms with Crippen LogP contribution in [-0.4, -0.2) is 50.6 Å². The summed E-state index contributed by atoms with van der Waals surface area (Å²) in [5.41, 5.74) is 1.50. The first-order chi connectivity index (χ1) is 9.08. The molecule has 4 heteroatoms. The molecular weight excluding hydrogens is 254 g/mol. The van der Waals surface area contributed by atoms with Crippen molar-refractivity contribution in [3.63, 3.8) is 0 Å². The molecule has 0 saturated carbocycles. The van der Waals surface area contributed by atoms with Gasteiger partial charge in [0.2, 0.25) is 0 Å². The van der Waals surface area contributed by atoms with Crippen molar-refractivity contribution < 1.29 is 0 Å².